The minimum absolute atomic E-state index is 0.123. The second-order valence-electron chi connectivity index (χ2n) is 16.2. The molecule has 2 atom stereocenters. The summed E-state index contributed by atoms with van der Waals surface area (Å²) in [4.78, 5) is 52.7. The summed E-state index contributed by atoms with van der Waals surface area (Å²) in [5.74, 6) is -0.239. The quantitative estimate of drug-likeness (QED) is 0.0289. The Morgan fingerprint density at radius 1 is 0.455 bits per heavy atom. The number of carbonyl (C=O) groups excluding carboxylic acids is 4. The van der Waals surface area contributed by atoms with Crippen molar-refractivity contribution in [1.82, 2.24) is 10.6 Å². The van der Waals surface area contributed by atoms with E-state index in [9.17, 15) is 19.2 Å². The largest absolute Gasteiger partial charge is 0.493 e. The maximum Gasteiger partial charge on any atom is 0.328 e. The smallest absolute Gasteiger partial charge is 0.328 e. The zero-order valence-corrected chi connectivity index (χ0v) is 37.6. The van der Waals surface area contributed by atoms with Crippen molar-refractivity contribution in [1.29, 1.82) is 0 Å². The van der Waals surface area contributed by atoms with E-state index in [1.165, 1.54) is 0 Å². The number of ether oxygens (including phenoxy) is 4. The van der Waals surface area contributed by atoms with Crippen LogP contribution in [0, 0.1) is 0 Å². The summed E-state index contributed by atoms with van der Waals surface area (Å²) >= 11 is 0. The molecule has 12 heteroatoms. The minimum Gasteiger partial charge on any atom is -0.493 e. The van der Waals surface area contributed by atoms with Crippen LogP contribution in [0.15, 0.2) is 133 Å². The van der Waals surface area contributed by atoms with E-state index < -0.39 is 24.0 Å². The highest BCUT2D eigenvalue weighted by Crippen LogP contribution is 2.45. The van der Waals surface area contributed by atoms with Crippen LogP contribution >= 0.6 is 0 Å². The minimum atomic E-state index is -0.780. The standard InChI is InChI=1S/C54H62N4O8/c55-33-13-11-25-45(53(61)65-37-39-17-3-1-4-18-39)57-49(59)27-15-35-63-47-31-29-41-21-7-9-23-43(41)51(47)52-44-24-10-8-22-42(44)30-32-48(52)64-36-16-28-50(60)58-46(26-12-14-34-56)54(62)66-38-40-19-5-2-6-20-40/h1-10,17-24,29-32,45-46H,11-16,25-28,33-38,55-56H2,(H,57,59)(H,58,60)/t45-,46-/m1/s1. The molecule has 0 heterocycles. The van der Waals surface area contributed by atoms with Gasteiger partial charge in [-0.1, -0.05) is 121 Å². The fraction of sp³-hybridized carbons (Fsp3) is 0.333. The molecule has 0 radical (unpaired) electrons. The molecule has 0 aliphatic heterocycles. The molecule has 0 bridgehead atoms. The van der Waals surface area contributed by atoms with Crippen molar-refractivity contribution in [3.05, 3.63) is 145 Å². The van der Waals surface area contributed by atoms with Gasteiger partial charge in [-0.3, -0.25) is 9.59 Å². The van der Waals surface area contributed by atoms with Crippen molar-refractivity contribution in [2.75, 3.05) is 26.3 Å². The van der Waals surface area contributed by atoms with Gasteiger partial charge in [0.05, 0.1) is 13.2 Å². The first-order valence-corrected chi connectivity index (χ1v) is 23.0. The lowest BCUT2D eigenvalue weighted by atomic mass is 9.92. The molecule has 66 heavy (non-hydrogen) atoms. The Kier molecular flexibility index (Phi) is 19.4. The molecule has 0 saturated carbocycles. The van der Waals surface area contributed by atoms with Gasteiger partial charge in [0.15, 0.2) is 0 Å². The number of rotatable bonds is 27. The highest BCUT2D eigenvalue weighted by atomic mass is 16.5. The fourth-order valence-electron chi connectivity index (χ4n) is 7.76. The van der Waals surface area contributed by atoms with Crippen LogP contribution in [0.25, 0.3) is 32.7 Å². The Bertz CT molecular complexity index is 2310. The molecule has 6 N–H and O–H groups in total. The number of unbranched alkanes of at least 4 members (excludes halogenated alkanes) is 2. The Morgan fingerprint density at radius 2 is 0.848 bits per heavy atom. The summed E-state index contributed by atoms with van der Waals surface area (Å²) in [5.41, 5.74) is 14.8. The van der Waals surface area contributed by atoms with Crippen LogP contribution in [0.2, 0.25) is 0 Å². The number of hydrogen-bond donors (Lipinski definition) is 4. The van der Waals surface area contributed by atoms with Gasteiger partial charge in [0.25, 0.3) is 0 Å². The Morgan fingerprint density at radius 3 is 1.26 bits per heavy atom. The first kappa shape index (κ1) is 48.7. The first-order valence-electron chi connectivity index (χ1n) is 23.0. The molecule has 0 fully saturated rings. The number of nitrogens with two attached hydrogens (primary N) is 2. The summed E-state index contributed by atoms with van der Waals surface area (Å²) in [6.07, 6.45) is 4.74. The van der Waals surface area contributed by atoms with E-state index in [4.69, 9.17) is 30.4 Å². The number of carbonyl (C=O) groups is 4. The molecule has 2 amide bonds. The summed E-state index contributed by atoms with van der Waals surface area (Å²) < 4.78 is 24.2. The van der Waals surface area contributed by atoms with Crippen LogP contribution in [0.3, 0.4) is 0 Å². The second kappa shape index (κ2) is 26.3. The zero-order valence-electron chi connectivity index (χ0n) is 37.6. The van der Waals surface area contributed by atoms with Crippen LogP contribution in [-0.4, -0.2) is 62.1 Å². The zero-order chi connectivity index (χ0) is 46.4. The summed E-state index contributed by atoms with van der Waals surface area (Å²) in [5, 5.41) is 9.72. The lowest BCUT2D eigenvalue weighted by Gasteiger charge is -2.20. The summed E-state index contributed by atoms with van der Waals surface area (Å²) in [7, 11) is 0. The van der Waals surface area contributed by atoms with E-state index >= 15 is 0 Å². The molecule has 6 aromatic carbocycles. The van der Waals surface area contributed by atoms with E-state index in [2.05, 4.69) is 22.8 Å². The normalized spacial score (nSPS) is 12.0. The Hall–Kier alpha value is -6.76. The highest BCUT2D eigenvalue weighted by molar-refractivity contribution is 6.09. The maximum absolute atomic E-state index is 13.2. The van der Waals surface area contributed by atoms with Gasteiger partial charge in [0.1, 0.15) is 36.8 Å². The van der Waals surface area contributed by atoms with Gasteiger partial charge in [-0.2, -0.15) is 0 Å². The van der Waals surface area contributed by atoms with E-state index in [1.807, 2.05) is 121 Å². The van der Waals surface area contributed by atoms with Gasteiger partial charge in [0.2, 0.25) is 11.8 Å². The first-order chi connectivity index (χ1) is 32.3. The van der Waals surface area contributed by atoms with E-state index in [0.717, 1.165) is 56.6 Å². The number of benzene rings is 6. The molecule has 0 aliphatic carbocycles. The molecule has 0 saturated heterocycles. The summed E-state index contributed by atoms with van der Waals surface area (Å²) in [6.45, 7) is 1.70. The monoisotopic (exact) mass is 894 g/mol. The average molecular weight is 895 g/mol. The van der Waals surface area contributed by atoms with Gasteiger partial charge in [-0.25, -0.2) is 9.59 Å². The fourth-order valence-corrected chi connectivity index (χ4v) is 7.76. The van der Waals surface area contributed by atoms with Crippen LogP contribution in [0.4, 0.5) is 0 Å². The predicted octanol–water partition coefficient (Wildman–Crippen LogP) is 8.69. The van der Waals surface area contributed by atoms with Crippen molar-refractivity contribution >= 4 is 45.3 Å². The van der Waals surface area contributed by atoms with Crippen LogP contribution in [-0.2, 0) is 41.9 Å². The molecule has 0 aliphatic rings. The van der Waals surface area contributed by atoms with Crippen LogP contribution in [0.1, 0.15) is 75.3 Å². The Labute approximate surface area is 387 Å². The SMILES string of the molecule is NCCCC[C@@H](NC(=O)CCCOc1ccc2ccccc2c1-c1c(OCCCC(=O)N[C@H](CCCCN)C(=O)OCc2ccccc2)ccc2ccccc12)C(=O)OCc1ccccc1. The molecule has 6 aromatic rings. The molecule has 6 rings (SSSR count). The highest BCUT2D eigenvalue weighted by Gasteiger charge is 2.24. The van der Waals surface area contributed by atoms with Gasteiger partial charge in [-0.05, 0) is 109 Å². The molecule has 0 aromatic heterocycles. The van der Waals surface area contributed by atoms with Crippen molar-refractivity contribution in [2.45, 2.75) is 89.5 Å². The van der Waals surface area contributed by atoms with E-state index in [0.29, 0.717) is 63.1 Å². The molecule has 12 nitrogen and oxygen atoms in total. The van der Waals surface area contributed by atoms with Crippen molar-refractivity contribution in [3.8, 4) is 22.6 Å². The van der Waals surface area contributed by atoms with Crippen LogP contribution in [0.5, 0.6) is 11.5 Å². The average Bonchev–Trinajstić information content (AvgIpc) is 3.35. The van der Waals surface area contributed by atoms with E-state index in [1.54, 1.807) is 0 Å². The third-order valence-corrected chi connectivity index (χ3v) is 11.2. The van der Waals surface area contributed by atoms with Gasteiger partial charge in [0, 0.05) is 24.0 Å². The lowest BCUT2D eigenvalue weighted by Crippen LogP contribution is -2.42. The second-order valence-corrected chi connectivity index (χ2v) is 16.2. The molecule has 0 spiro atoms. The van der Waals surface area contributed by atoms with Gasteiger partial charge < -0.3 is 41.0 Å². The third-order valence-electron chi connectivity index (χ3n) is 11.2. The van der Waals surface area contributed by atoms with Crippen molar-refractivity contribution < 1.29 is 38.1 Å². The number of nitrogens with one attached hydrogen (secondary N) is 2. The van der Waals surface area contributed by atoms with Crippen molar-refractivity contribution in [3.63, 3.8) is 0 Å². The van der Waals surface area contributed by atoms with Crippen LogP contribution < -0.4 is 31.6 Å². The number of hydrogen-bond acceptors (Lipinski definition) is 10. The molecule has 0 unspecified atom stereocenters. The number of esters is 2. The third kappa shape index (κ3) is 14.6. The Balaban J connectivity index is 1.11. The molecular formula is C54H62N4O8. The van der Waals surface area contributed by atoms with Gasteiger partial charge >= 0.3 is 11.9 Å². The topological polar surface area (TPSA) is 181 Å². The van der Waals surface area contributed by atoms with E-state index in [-0.39, 0.29) is 51.1 Å². The van der Waals surface area contributed by atoms with Gasteiger partial charge in [-0.15, -0.1) is 0 Å². The maximum atomic E-state index is 13.2. The predicted molar refractivity (Wildman–Crippen MR) is 258 cm³/mol. The summed E-state index contributed by atoms with van der Waals surface area (Å²) in [6, 6.07) is 41.4. The molecule has 346 valence electrons. The molecular weight excluding hydrogens is 833 g/mol. The van der Waals surface area contributed by atoms with Crippen molar-refractivity contribution in [2.24, 2.45) is 11.5 Å². The number of fused-ring (bicyclic) bond motifs is 2. The number of amides is 2. The lowest BCUT2D eigenvalue weighted by molar-refractivity contribution is -0.149.